The molecule has 0 radical (unpaired) electrons. The van der Waals surface area contributed by atoms with Crippen LogP contribution in [0.4, 0.5) is 5.95 Å². The molecule has 0 bridgehead atoms. The van der Waals surface area contributed by atoms with Crippen molar-refractivity contribution in [2.75, 3.05) is 11.4 Å². The second kappa shape index (κ2) is 5.87. The fraction of sp³-hybridized carbons (Fsp3) is 0.300. The van der Waals surface area contributed by atoms with Crippen LogP contribution in [-0.2, 0) is 0 Å². The molecular weight excluding hydrogens is 296 g/mol. The molecule has 3 aromatic rings. The fourth-order valence-electron chi connectivity index (χ4n) is 3.46. The van der Waals surface area contributed by atoms with Crippen LogP contribution in [0.15, 0.2) is 54.7 Å². The number of fused-ring (bicyclic) bond motifs is 1. The second-order valence-corrected chi connectivity index (χ2v) is 6.77. The first-order valence-corrected chi connectivity index (χ1v) is 8.52. The largest absolute Gasteiger partial charge is 0.323 e. The Morgan fingerprint density at radius 3 is 2.71 bits per heavy atom. The number of rotatable bonds is 2. The van der Waals surface area contributed by atoms with Crippen LogP contribution in [0, 0.1) is 0 Å². The maximum atomic E-state index is 6.46. The SMILES string of the molecule is CC1(N)CCCCN1c1nccc(-c2ccc3ccccc3c2)n1. The number of hydrogen-bond acceptors (Lipinski definition) is 4. The van der Waals surface area contributed by atoms with Crippen LogP contribution in [0.5, 0.6) is 0 Å². The lowest BCUT2D eigenvalue weighted by atomic mass is 9.98. The Morgan fingerprint density at radius 1 is 1.04 bits per heavy atom. The Hall–Kier alpha value is -2.46. The van der Waals surface area contributed by atoms with E-state index < -0.39 is 0 Å². The minimum Gasteiger partial charge on any atom is -0.323 e. The van der Waals surface area contributed by atoms with Gasteiger partial charge in [0.1, 0.15) is 0 Å². The van der Waals surface area contributed by atoms with Crippen LogP contribution in [0.1, 0.15) is 26.2 Å². The van der Waals surface area contributed by atoms with Crippen molar-refractivity contribution in [1.82, 2.24) is 9.97 Å². The van der Waals surface area contributed by atoms with E-state index in [9.17, 15) is 0 Å². The Balaban J connectivity index is 1.73. The summed E-state index contributed by atoms with van der Waals surface area (Å²) >= 11 is 0. The number of anilines is 1. The van der Waals surface area contributed by atoms with E-state index in [1.807, 2.05) is 12.3 Å². The number of aromatic nitrogens is 2. The zero-order chi connectivity index (χ0) is 16.6. The lowest BCUT2D eigenvalue weighted by molar-refractivity contribution is 0.339. The van der Waals surface area contributed by atoms with E-state index in [-0.39, 0.29) is 5.66 Å². The van der Waals surface area contributed by atoms with Crippen molar-refractivity contribution >= 4 is 16.7 Å². The number of piperidine rings is 1. The van der Waals surface area contributed by atoms with Crippen molar-refractivity contribution in [1.29, 1.82) is 0 Å². The van der Waals surface area contributed by atoms with Crippen molar-refractivity contribution in [3.8, 4) is 11.3 Å². The van der Waals surface area contributed by atoms with Gasteiger partial charge in [-0.15, -0.1) is 0 Å². The van der Waals surface area contributed by atoms with E-state index in [2.05, 4.69) is 59.3 Å². The van der Waals surface area contributed by atoms with Gasteiger partial charge in [0, 0.05) is 18.3 Å². The topological polar surface area (TPSA) is 55.0 Å². The summed E-state index contributed by atoms with van der Waals surface area (Å²) in [5.41, 5.74) is 8.13. The molecule has 0 saturated carbocycles. The molecule has 1 fully saturated rings. The monoisotopic (exact) mass is 318 g/mol. The third-order valence-electron chi connectivity index (χ3n) is 4.86. The first kappa shape index (κ1) is 15.1. The molecule has 2 heterocycles. The highest BCUT2D eigenvalue weighted by Gasteiger charge is 2.32. The Kier molecular flexibility index (Phi) is 3.69. The molecule has 1 saturated heterocycles. The van der Waals surface area contributed by atoms with Gasteiger partial charge in [-0.1, -0.05) is 36.4 Å². The number of nitrogens with two attached hydrogens (primary N) is 1. The number of benzene rings is 2. The summed E-state index contributed by atoms with van der Waals surface area (Å²) in [6.07, 6.45) is 5.10. The maximum Gasteiger partial charge on any atom is 0.227 e. The van der Waals surface area contributed by atoms with E-state index in [1.165, 1.54) is 10.8 Å². The standard InChI is InChI=1S/C20H22N4/c1-20(21)11-4-5-13-24(20)19-22-12-10-18(23-19)17-9-8-15-6-2-3-7-16(15)14-17/h2-3,6-10,12,14H,4-5,11,13,21H2,1H3. The van der Waals surface area contributed by atoms with Gasteiger partial charge in [-0.2, -0.15) is 0 Å². The molecule has 4 heteroatoms. The molecule has 1 atom stereocenters. The molecule has 24 heavy (non-hydrogen) atoms. The van der Waals surface area contributed by atoms with Crippen LogP contribution in [-0.4, -0.2) is 22.2 Å². The number of hydrogen-bond donors (Lipinski definition) is 1. The minimum atomic E-state index is -0.375. The Morgan fingerprint density at radius 2 is 1.88 bits per heavy atom. The average molecular weight is 318 g/mol. The molecule has 1 aliphatic rings. The predicted octanol–water partition coefficient (Wildman–Crippen LogP) is 3.96. The average Bonchev–Trinajstić information content (AvgIpc) is 2.61. The van der Waals surface area contributed by atoms with Gasteiger partial charge in [0.15, 0.2) is 0 Å². The predicted molar refractivity (Wildman–Crippen MR) is 98.8 cm³/mol. The zero-order valence-electron chi connectivity index (χ0n) is 13.9. The lowest BCUT2D eigenvalue weighted by Crippen LogP contribution is -2.57. The molecule has 122 valence electrons. The molecular formula is C20H22N4. The molecule has 2 N–H and O–H groups in total. The summed E-state index contributed by atoms with van der Waals surface area (Å²) in [4.78, 5) is 11.4. The smallest absolute Gasteiger partial charge is 0.227 e. The molecule has 1 unspecified atom stereocenters. The molecule has 1 aromatic heterocycles. The van der Waals surface area contributed by atoms with E-state index in [0.29, 0.717) is 0 Å². The van der Waals surface area contributed by atoms with Gasteiger partial charge in [-0.05, 0) is 49.1 Å². The molecule has 0 amide bonds. The highest BCUT2D eigenvalue weighted by atomic mass is 15.3. The fourth-order valence-corrected chi connectivity index (χ4v) is 3.46. The lowest BCUT2D eigenvalue weighted by Gasteiger charge is -2.42. The summed E-state index contributed by atoms with van der Waals surface area (Å²) < 4.78 is 0. The summed E-state index contributed by atoms with van der Waals surface area (Å²) in [7, 11) is 0. The summed E-state index contributed by atoms with van der Waals surface area (Å²) in [6.45, 7) is 2.98. The van der Waals surface area contributed by atoms with Gasteiger partial charge in [-0.3, -0.25) is 0 Å². The van der Waals surface area contributed by atoms with Crippen LogP contribution in [0.25, 0.3) is 22.0 Å². The molecule has 4 rings (SSSR count). The molecule has 1 aliphatic heterocycles. The van der Waals surface area contributed by atoms with Crippen molar-refractivity contribution in [2.24, 2.45) is 5.73 Å². The van der Waals surface area contributed by atoms with Crippen molar-refractivity contribution in [3.63, 3.8) is 0 Å². The first-order valence-electron chi connectivity index (χ1n) is 8.52. The van der Waals surface area contributed by atoms with Gasteiger partial charge < -0.3 is 10.6 Å². The normalized spacial score (nSPS) is 21.2. The second-order valence-electron chi connectivity index (χ2n) is 6.77. The van der Waals surface area contributed by atoms with E-state index in [4.69, 9.17) is 10.7 Å². The molecule has 2 aromatic carbocycles. The summed E-state index contributed by atoms with van der Waals surface area (Å²) in [6, 6.07) is 16.8. The van der Waals surface area contributed by atoms with Crippen LogP contribution >= 0.6 is 0 Å². The Labute approximate surface area is 142 Å². The van der Waals surface area contributed by atoms with E-state index in [1.54, 1.807) is 0 Å². The highest BCUT2D eigenvalue weighted by molar-refractivity contribution is 5.86. The Bertz CT molecular complexity index is 872. The summed E-state index contributed by atoms with van der Waals surface area (Å²) in [5, 5.41) is 2.46. The van der Waals surface area contributed by atoms with Crippen LogP contribution in [0.2, 0.25) is 0 Å². The van der Waals surface area contributed by atoms with E-state index in [0.717, 1.165) is 43.0 Å². The van der Waals surface area contributed by atoms with Crippen molar-refractivity contribution in [3.05, 3.63) is 54.7 Å². The highest BCUT2D eigenvalue weighted by Crippen LogP contribution is 2.29. The zero-order valence-corrected chi connectivity index (χ0v) is 13.9. The molecule has 0 spiro atoms. The first-order chi connectivity index (χ1) is 11.6. The van der Waals surface area contributed by atoms with Crippen LogP contribution in [0.3, 0.4) is 0 Å². The van der Waals surface area contributed by atoms with Crippen molar-refractivity contribution in [2.45, 2.75) is 31.8 Å². The van der Waals surface area contributed by atoms with Gasteiger partial charge in [0.2, 0.25) is 5.95 Å². The quantitative estimate of drug-likeness (QED) is 0.777. The summed E-state index contributed by atoms with van der Waals surface area (Å²) in [5.74, 6) is 0.727. The maximum absolute atomic E-state index is 6.46. The van der Waals surface area contributed by atoms with Gasteiger partial charge in [0.05, 0.1) is 11.4 Å². The third kappa shape index (κ3) is 2.74. The molecule has 0 aliphatic carbocycles. The van der Waals surface area contributed by atoms with Crippen LogP contribution < -0.4 is 10.6 Å². The van der Waals surface area contributed by atoms with Gasteiger partial charge >= 0.3 is 0 Å². The van der Waals surface area contributed by atoms with Gasteiger partial charge in [-0.25, -0.2) is 9.97 Å². The van der Waals surface area contributed by atoms with Crippen molar-refractivity contribution < 1.29 is 0 Å². The van der Waals surface area contributed by atoms with E-state index >= 15 is 0 Å². The molecule has 4 nitrogen and oxygen atoms in total. The number of nitrogens with zero attached hydrogens (tertiary/aromatic N) is 3. The minimum absolute atomic E-state index is 0.375. The van der Waals surface area contributed by atoms with Gasteiger partial charge in [0.25, 0.3) is 0 Å². The third-order valence-corrected chi connectivity index (χ3v) is 4.86.